The highest BCUT2D eigenvalue weighted by Crippen LogP contribution is 2.39. The van der Waals surface area contributed by atoms with Crippen molar-refractivity contribution >= 4 is 40.5 Å². The summed E-state index contributed by atoms with van der Waals surface area (Å²) >= 11 is 5.94. The van der Waals surface area contributed by atoms with Gasteiger partial charge in [0.05, 0.1) is 16.9 Å². The Morgan fingerprint density at radius 3 is 2.30 bits per heavy atom. The molecule has 4 aromatic rings. The van der Waals surface area contributed by atoms with Crippen LogP contribution in [0.3, 0.4) is 0 Å². The number of pyridine rings is 1. The van der Waals surface area contributed by atoms with Gasteiger partial charge >= 0.3 is 6.18 Å². The molecule has 2 atom stereocenters. The second-order valence-electron chi connectivity index (χ2n) is 10.8. The highest BCUT2D eigenvalue weighted by Gasteiger charge is 2.36. The zero-order chi connectivity index (χ0) is 30.3. The number of alkyl halides is 3. The number of carbonyl (C=O) groups excluding carboxylic acids is 2. The predicted molar refractivity (Wildman–Crippen MR) is 159 cm³/mol. The van der Waals surface area contributed by atoms with Crippen LogP contribution in [-0.4, -0.2) is 29.5 Å². The van der Waals surface area contributed by atoms with Crippen LogP contribution in [0.25, 0.3) is 0 Å². The number of nitrogens with zero attached hydrogens (tertiary/aromatic N) is 2. The number of piperidine rings is 1. The maximum absolute atomic E-state index is 13.3. The van der Waals surface area contributed by atoms with Crippen LogP contribution in [0.15, 0.2) is 89.7 Å². The Morgan fingerprint density at radius 1 is 0.814 bits per heavy atom. The van der Waals surface area contributed by atoms with Crippen molar-refractivity contribution in [3.8, 4) is 0 Å². The van der Waals surface area contributed by atoms with Crippen LogP contribution >= 0.6 is 11.6 Å². The molecule has 6 rings (SSSR count). The monoisotopic (exact) mass is 606 g/mol. The Morgan fingerprint density at radius 2 is 1.53 bits per heavy atom. The van der Waals surface area contributed by atoms with E-state index >= 15 is 0 Å². The summed E-state index contributed by atoms with van der Waals surface area (Å²) in [5, 5.41) is 6.07. The van der Waals surface area contributed by atoms with E-state index in [4.69, 9.17) is 11.6 Å². The Kier molecular flexibility index (Phi) is 7.47. The van der Waals surface area contributed by atoms with E-state index in [9.17, 15) is 27.6 Å². The van der Waals surface area contributed by atoms with Crippen LogP contribution in [0, 0.1) is 5.92 Å². The molecule has 7 nitrogen and oxygen atoms in total. The average molecular weight is 607 g/mol. The van der Waals surface area contributed by atoms with E-state index in [2.05, 4.69) is 15.5 Å². The molecule has 3 aromatic carbocycles. The Labute approximate surface area is 249 Å². The zero-order valence-electron chi connectivity index (χ0n) is 22.7. The van der Waals surface area contributed by atoms with Gasteiger partial charge in [-0.15, -0.1) is 0 Å². The average Bonchev–Trinajstić information content (AvgIpc) is 2.98. The van der Waals surface area contributed by atoms with E-state index in [0.29, 0.717) is 36.0 Å². The maximum atomic E-state index is 13.3. The molecule has 0 spiro atoms. The first kappa shape index (κ1) is 28.5. The molecule has 0 saturated carbocycles. The minimum atomic E-state index is -4.61. The van der Waals surface area contributed by atoms with Crippen LogP contribution in [0.5, 0.6) is 0 Å². The van der Waals surface area contributed by atoms with E-state index in [-0.39, 0.29) is 34.2 Å². The van der Waals surface area contributed by atoms with Crippen molar-refractivity contribution in [2.75, 3.05) is 28.6 Å². The molecule has 1 fully saturated rings. The molecule has 2 N–H and O–H groups in total. The largest absolute Gasteiger partial charge is 0.416 e. The van der Waals surface area contributed by atoms with E-state index in [1.165, 1.54) is 18.2 Å². The fraction of sp³-hybridized carbons (Fsp3) is 0.219. The number of halogens is 4. The summed E-state index contributed by atoms with van der Waals surface area (Å²) in [6.45, 7) is 1.72. The third kappa shape index (κ3) is 6.01. The highest BCUT2D eigenvalue weighted by molar-refractivity contribution is 6.30. The van der Waals surface area contributed by atoms with Crippen molar-refractivity contribution in [2.45, 2.75) is 25.1 Å². The third-order valence-corrected chi connectivity index (χ3v) is 8.13. The van der Waals surface area contributed by atoms with Gasteiger partial charge in [0.25, 0.3) is 17.4 Å². The van der Waals surface area contributed by atoms with Gasteiger partial charge in [0.15, 0.2) is 0 Å². The maximum Gasteiger partial charge on any atom is 0.416 e. The molecule has 2 aliphatic heterocycles. The van der Waals surface area contributed by atoms with Gasteiger partial charge in [0.1, 0.15) is 0 Å². The van der Waals surface area contributed by atoms with Crippen molar-refractivity contribution in [2.24, 2.45) is 5.92 Å². The molecule has 1 saturated heterocycles. The quantitative estimate of drug-likeness (QED) is 0.267. The number of aromatic nitrogens is 1. The van der Waals surface area contributed by atoms with Gasteiger partial charge in [-0.25, -0.2) is 0 Å². The van der Waals surface area contributed by atoms with Crippen LogP contribution in [-0.2, 0) is 12.7 Å². The minimum absolute atomic E-state index is 0.0363. The molecule has 2 unspecified atom stereocenters. The number of anilines is 3. The van der Waals surface area contributed by atoms with Crippen molar-refractivity contribution in [1.29, 1.82) is 0 Å². The number of carbonyl (C=O) groups is 2. The van der Waals surface area contributed by atoms with Crippen molar-refractivity contribution in [1.82, 2.24) is 4.57 Å². The van der Waals surface area contributed by atoms with Crippen LogP contribution in [0.2, 0.25) is 5.02 Å². The van der Waals surface area contributed by atoms with Gasteiger partial charge < -0.3 is 20.1 Å². The number of benzene rings is 3. The Bertz CT molecular complexity index is 1770. The zero-order valence-corrected chi connectivity index (χ0v) is 23.5. The molecule has 220 valence electrons. The summed E-state index contributed by atoms with van der Waals surface area (Å²) in [7, 11) is 0. The molecule has 0 radical (unpaired) electrons. The van der Waals surface area contributed by atoms with Gasteiger partial charge in [-0.2, -0.15) is 13.2 Å². The molecule has 43 heavy (non-hydrogen) atoms. The number of hydrogen-bond donors (Lipinski definition) is 2. The number of fused-ring (bicyclic) bond motifs is 4. The summed E-state index contributed by atoms with van der Waals surface area (Å²) in [6, 6.07) is 20.9. The second-order valence-corrected chi connectivity index (χ2v) is 11.3. The third-order valence-electron chi connectivity index (χ3n) is 7.88. The molecule has 2 bridgehead atoms. The molecular formula is C32H26ClF3N4O3. The molecule has 11 heteroatoms. The van der Waals surface area contributed by atoms with Gasteiger partial charge in [-0.05, 0) is 79.1 Å². The van der Waals surface area contributed by atoms with Crippen LogP contribution < -0.4 is 21.1 Å². The predicted octanol–water partition coefficient (Wildman–Crippen LogP) is 6.65. The number of amides is 2. The summed E-state index contributed by atoms with van der Waals surface area (Å²) in [5.41, 5.74) is 1.49. The highest BCUT2D eigenvalue weighted by atomic mass is 35.5. The van der Waals surface area contributed by atoms with Crippen molar-refractivity contribution < 1.29 is 22.8 Å². The first-order chi connectivity index (χ1) is 20.5. The smallest absolute Gasteiger partial charge is 0.369 e. The second kappa shape index (κ2) is 11.3. The van der Waals surface area contributed by atoms with Gasteiger partial charge in [0, 0.05) is 59.1 Å². The van der Waals surface area contributed by atoms with E-state index < -0.39 is 23.6 Å². The number of nitrogens with one attached hydrogen (secondary N) is 2. The van der Waals surface area contributed by atoms with E-state index in [1.807, 2.05) is 10.6 Å². The van der Waals surface area contributed by atoms with Crippen molar-refractivity contribution in [3.63, 3.8) is 0 Å². The Hall–Kier alpha value is -4.57. The first-order valence-electron chi connectivity index (χ1n) is 13.7. The normalized spacial score (nSPS) is 17.6. The number of rotatable bonds is 5. The standard InChI is InChI=1S/C32H26ClF3N4O3/c33-24-8-10-25(11-9-24)37-30(42)21-7-12-28(26(15-21)38-31(43)20-3-1-4-23(14-20)32(34,35)36)39-16-19-13-22(18-39)27-5-2-6-29(41)40(27)17-19/h1-12,14-15,19,22H,13,16-18H2,(H,37,42)(H,38,43). The molecule has 0 aliphatic carbocycles. The van der Waals surface area contributed by atoms with E-state index in [0.717, 1.165) is 24.2 Å². The van der Waals surface area contributed by atoms with Crippen LogP contribution in [0.4, 0.5) is 30.2 Å². The number of hydrogen-bond acceptors (Lipinski definition) is 4. The summed E-state index contributed by atoms with van der Waals surface area (Å²) in [6.07, 6.45) is -3.70. The summed E-state index contributed by atoms with van der Waals surface area (Å²) in [5.74, 6) is -0.934. The lowest BCUT2D eigenvalue weighted by molar-refractivity contribution is -0.137. The Balaban J connectivity index is 1.33. The summed E-state index contributed by atoms with van der Waals surface area (Å²) in [4.78, 5) is 41.0. The summed E-state index contributed by atoms with van der Waals surface area (Å²) < 4.78 is 41.8. The fourth-order valence-electron chi connectivity index (χ4n) is 5.91. The molecule has 3 heterocycles. The topological polar surface area (TPSA) is 83.4 Å². The SMILES string of the molecule is O=C(Nc1ccc(Cl)cc1)c1ccc(N2CC3CC(C2)c2cccc(=O)n2C3)c(NC(=O)c2cccc(C(F)(F)F)c2)c1. The van der Waals surface area contributed by atoms with Gasteiger partial charge in [-0.1, -0.05) is 23.7 Å². The van der Waals surface area contributed by atoms with E-state index in [1.54, 1.807) is 48.5 Å². The lowest BCUT2D eigenvalue weighted by Gasteiger charge is -2.44. The van der Waals surface area contributed by atoms with Gasteiger partial charge in [0.2, 0.25) is 0 Å². The molecule has 2 amide bonds. The lowest BCUT2D eigenvalue weighted by Crippen LogP contribution is -2.47. The lowest BCUT2D eigenvalue weighted by atomic mass is 9.83. The minimum Gasteiger partial charge on any atom is -0.369 e. The van der Waals surface area contributed by atoms with Crippen molar-refractivity contribution in [3.05, 3.63) is 123 Å². The van der Waals surface area contributed by atoms with Gasteiger partial charge in [-0.3, -0.25) is 14.4 Å². The molecule has 1 aromatic heterocycles. The molecule has 2 aliphatic rings. The van der Waals surface area contributed by atoms with Crippen LogP contribution in [0.1, 0.15) is 44.3 Å². The molecular weight excluding hydrogens is 581 g/mol. The first-order valence-corrected chi connectivity index (χ1v) is 14.1. The fourth-order valence-corrected chi connectivity index (χ4v) is 6.04.